The number of halogens is 1. The van der Waals surface area contributed by atoms with Crippen molar-refractivity contribution >= 4 is 51.1 Å². The number of hydrogen-bond acceptors (Lipinski definition) is 7. The van der Waals surface area contributed by atoms with Crippen LogP contribution in [0.4, 0.5) is 5.69 Å². The maximum Gasteiger partial charge on any atom is 0.264 e. The first-order valence-corrected chi connectivity index (χ1v) is 15.2. The van der Waals surface area contributed by atoms with Gasteiger partial charge in [-0.1, -0.05) is 72.0 Å². The normalized spacial score (nSPS) is 25.4. The first-order valence-electron chi connectivity index (χ1n) is 14.4. The number of allylic oxidation sites excluding steroid dienone is 1. The summed E-state index contributed by atoms with van der Waals surface area (Å²) in [5.41, 5.74) is 5.61. The van der Waals surface area contributed by atoms with E-state index >= 15 is 0 Å². The molecule has 1 saturated carbocycles. The molecule has 3 amide bonds. The largest absolute Gasteiger partial charge is 0.271 e. The van der Waals surface area contributed by atoms with Gasteiger partial charge in [-0.05, 0) is 82.6 Å². The van der Waals surface area contributed by atoms with Gasteiger partial charge in [-0.25, -0.2) is 9.91 Å². The van der Waals surface area contributed by atoms with Crippen LogP contribution in [0.2, 0.25) is 0 Å². The summed E-state index contributed by atoms with van der Waals surface area (Å²) in [5.74, 6) is -1.16. The minimum absolute atomic E-state index is 0.0482. The van der Waals surface area contributed by atoms with Crippen LogP contribution in [0.15, 0.2) is 104 Å². The third-order valence-corrected chi connectivity index (χ3v) is 9.17. The van der Waals surface area contributed by atoms with Crippen molar-refractivity contribution in [1.82, 2.24) is 10.0 Å². The second-order valence-electron chi connectivity index (χ2n) is 11.3. The van der Waals surface area contributed by atoms with Gasteiger partial charge in [-0.3, -0.25) is 19.4 Å². The highest BCUT2D eigenvalue weighted by atomic mass is 79.9. The molecule has 1 saturated heterocycles. The van der Waals surface area contributed by atoms with Crippen LogP contribution in [0.1, 0.15) is 42.0 Å². The van der Waals surface area contributed by atoms with Gasteiger partial charge in [0, 0.05) is 10.4 Å². The summed E-state index contributed by atoms with van der Waals surface area (Å²) in [5, 5.41) is 16.1. The van der Waals surface area contributed by atoms with E-state index in [1.807, 2.05) is 67.6 Å². The summed E-state index contributed by atoms with van der Waals surface area (Å²) < 4.78 is 0.634. The van der Waals surface area contributed by atoms with E-state index in [1.165, 1.54) is 5.01 Å². The number of amides is 3. The van der Waals surface area contributed by atoms with Crippen molar-refractivity contribution in [2.24, 2.45) is 21.4 Å². The number of hydrogen-bond donors (Lipinski definition) is 0. The second kappa shape index (κ2) is 11.0. The standard InChI is InChI=1S/C33H29BrN6O3/c1-20-15-16-26(25(34)17-20)39-32(42)29-31(33(39)43)38(37-35-29)19-27(41)40-30(22-11-6-3-7-12-22)24-14-8-13-23(28(24)36-40)18-21-9-4-2-5-10-21/h2-7,9-12,15-18,24,29-31H,8,13-14,19H2,1H3/b23-18+. The van der Waals surface area contributed by atoms with Crippen molar-refractivity contribution in [3.05, 3.63) is 106 Å². The molecule has 0 spiro atoms. The molecule has 43 heavy (non-hydrogen) atoms. The summed E-state index contributed by atoms with van der Waals surface area (Å²) in [4.78, 5) is 42.1. The first-order chi connectivity index (χ1) is 20.9. The molecule has 0 aromatic heterocycles. The Morgan fingerprint density at radius 2 is 1.72 bits per heavy atom. The third-order valence-electron chi connectivity index (χ3n) is 8.54. The summed E-state index contributed by atoms with van der Waals surface area (Å²) in [6.07, 6.45) is 4.97. The van der Waals surface area contributed by atoms with Crippen molar-refractivity contribution in [2.45, 2.75) is 44.3 Å². The maximum absolute atomic E-state index is 14.1. The molecule has 216 valence electrons. The van der Waals surface area contributed by atoms with Crippen LogP contribution in [-0.2, 0) is 14.4 Å². The van der Waals surface area contributed by atoms with Gasteiger partial charge in [0.1, 0.15) is 6.54 Å². The minimum atomic E-state index is -0.994. The zero-order chi connectivity index (χ0) is 29.7. The molecule has 0 bridgehead atoms. The molecule has 1 aliphatic carbocycles. The molecule has 9 nitrogen and oxygen atoms in total. The molecule has 7 rings (SSSR count). The average Bonchev–Trinajstić information content (AvgIpc) is 3.68. The van der Waals surface area contributed by atoms with E-state index in [9.17, 15) is 14.4 Å². The van der Waals surface area contributed by atoms with Crippen molar-refractivity contribution in [3.8, 4) is 0 Å². The van der Waals surface area contributed by atoms with Crippen LogP contribution < -0.4 is 4.90 Å². The fraction of sp³-hybridized carbons (Fsp3) is 0.273. The second-order valence-corrected chi connectivity index (χ2v) is 12.2. The van der Waals surface area contributed by atoms with Crippen LogP contribution in [0.5, 0.6) is 0 Å². The Balaban J connectivity index is 1.18. The number of hydrazone groups is 1. The van der Waals surface area contributed by atoms with Gasteiger partial charge in [0.15, 0.2) is 12.1 Å². The van der Waals surface area contributed by atoms with E-state index in [2.05, 4.69) is 44.5 Å². The Kier molecular flexibility index (Phi) is 7.01. The Morgan fingerprint density at radius 1 is 0.977 bits per heavy atom. The number of nitrogens with zero attached hydrogens (tertiary/aromatic N) is 6. The number of rotatable bonds is 5. The lowest BCUT2D eigenvalue weighted by Crippen LogP contribution is -2.45. The molecule has 3 aliphatic heterocycles. The lowest BCUT2D eigenvalue weighted by atomic mass is 9.77. The molecule has 4 aliphatic rings. The van der Waals surface area contributed by atoms with Crippen LogP contribution in [0, 0.1) is 12.8 Å². The van der Waals surface area contributed by atoms with Gasteiger partial charge >= 0.3 is 0 Å². The number of anilines is 1. The average molecular weight is 638 g/mol. The molecule has 3 heterocycles. The number of fused-ring (bicyclic) bond motifs is 2. The minimum Gasteiger partial charge on any atom is -0.271 e. The lowest BCUT2D eigenvalue weighted by molar-refractivity contribution is -0.136. The SMILES string of the molecule is Cc1ccc(N2C(=O)C3N=NN(CC(=O)N4N=C5/C(=C/c6ccccc6)CCCC5C4c4ccccc4)C3C2=O)c(Br)c1. The predicted octanol–water partition coefficient (Wildman–Crippen LogP) is 5.87. The molecule has 2 fully saturated rings. The first kappa shape index (κ1) is 27.4. The molecule has 3 aromatic carbocycles. The molecule has 3 aromatic rings. The summed E-state index contributed by atoms with van der Waals surface area (Å²) in [7, 11) is 0. The lowest BCUT2D eigenvalue weighted by Gasteiger charge is -2.30. The Labute approximate surface area is 257 Å². The molecule has 4 unspecified atom stereocenters. The zero-order valence-corrected chi connectivity index (χ0v) is 25.1. The zero-order valence-electron chi connectivity index (χ0n) is 23.5. The summed E-state index contributed by atoms with van der Waals surface area (Å²) in [6, 6.07) is 23.3. The van der Waals surface area contributed by atoms with Gasteiger partial charge < -0.3 is 0 Å². The van der Waals surface area contributed by atoms with E-state index in [-0.39, 0.29) is 24.4 Å². The van der Waals surface area contributed by atoms with E-state index in [0.29, 0.717) is 10.2 Å². The monoisotopic (exact) mass is 636 g/mol. The quantitative estimate of drug-likeness (QED) is 0.327. The molecule has 4 atom stereocenters. The molecule has 0 radical (unpaired) electrons. The van der Waals surface area contributed by atoms with Crippen LogP contribution in [-0.4, -0.2) is 52.1 Å². The van der Waals surface area contributed by atoms with Crippen LogP contribution >= 0.6 is 15.9 Å². The number of benzene rings is 3. The van der Waals surface area contributed by atoms with Crippen LogP contribution in [0.3, 0.4) is 0 Å². The van der Waals surface area contributed by atoms with E-state index in [0.717, 1.165) is 52.1 Å². The van der Waals surface area contributed by atoms with Gasteiger partial charge in [0.25, 0.3) is 17.7 Å². The van der Waals surface area contributed by atoms with E-state index in [1.54, 1.807) is 11.1 Å². The van der Waals surface area contributed by atoms with Gasteiger partial charge in [-0.15, -0.1) is 0 Å². The highest BCUT2D eigenvalue weighted by Crippen LogP contribution is 2.45. The van der Waals surface area contributed by atoms with E-state index < -0.39 is 23.9 Å². The summed E-state index contributed by atoms with van der Waals surface area (Å²) >= 11 is 3.48. The maximum atomic E-state index is 14.1. The number of aryl methyl sites for hydroxylation is 1. The number of imide groups is 1. The smallest absolute Gasteiger partial charge is 0.264 e. The summed E-state index contributed by atoms with van der Waals surface area (Å²) in [6.45, 7) is 1.70. The molecular formula is C33H29BrN6O3. The fourth-order valence-corrected chi connectivity index (χ4v) is 7.21. The van der Waals surface area contributed by atoms with Crippen molar-refractivity contribution in [2.75, 3.05) is 11.4 Å². The molecular weight excluding hydrogens is 608 g/mol. The predicted molar refractivity (Wildman–Crippen MR) is 166 cm³/mol. The Morgan fingerprint density at radius 3 is 2.47 bits per heavy atom. The van der Waals surface area contributed by atoms with Crippen molar-refractivity contribution < 1.29 is 14.4 Å². The Hall–Kier alpha value is -4.44. The highest BCUT2D eigenvalue weighted by molar-refractivity contribution is 9.10. The Bertz CT molecular complexity index is 1710. The highest BCUT2D eigenvalue weighted by Gasteiger charge is 2.56. The molecule has 0 N–H and O–H groups in total. The number of carbonyl (C=O) groups is 3. The van der Waals surface area contributed by atoms with Gasteiger partial charge in [0.05, 0.1) is 17.4 Å². The van der Waals surface area contributed by atoms with E-state index in [4.69, 9.17) is 5.10 Å². The van der Waals surface area contributed by atoms with Crippen LogP contribution in [0.25, 0.3) is 6.08 Å². The third kappa shape index (κ3) is 4.79. The van der Waals surface area contributed by atoms with Crippen molar-refractivity contribution in [3.63, 3.8) is 0 Å². The topological polar surface area (TPSA) is 98.0 Å². The number of carbonyl (C=O) groups excluding carboxylic acids is 3. The van der Waals surface area contributed by atoms with Crippen molar-refractivity contribution in [1.29, 1.82) is 0 Å². The van der Waals surface area contributed by atoms with Gasteiger partial charge in [-0.2, -0.15) is 10.2 Å². The fourth-order valence-electron chi connectivity index (χ4n) is 6.54. The van der Waals surface area contributed by atoms with Gasteiger partial charge in [0.2, 0.25) is 0 Å². The molecule has 10 heteroatoms.